The fourth-order valence-electron chi connectivity index (χ4n) is 1.28. The van der Waals surface area contributed by atoms with Gasteiger partial charge in [0.25, 0.3) is 0 Å². The zero-order valence-electron chi connectivity index (χ0n) is 12.0. The number of hydrogen-bond donors (Lipinski definition) is 3. The molecule has 0 saturated heterocycles. The van der Waals surface area contributed by atoms with Crippen LogP contribution < -0.4 is 21.3 Å². The summed E-state index contributed by atoms with van der Waals surface area (Å²) < 4.78 is 5.44. The Morgan fingerprint density at radius 3 is 2.53 bits per heavy atom. The van der Waals surface area contributed by atoms with Crippen LogP contribution >= 0.6 is 0 Å². The second kappa shape index (κ2) is 7.70. The minimum Gasteiger partial charge on any atom is -0.461 e. The molecule has 0 radical (unpaired) electrons. The van der Waals surface area contributed by atoms with E-state index in [0.29, 0.717) is 5.95 Å². The number of hydrogen-bond acceptors (Lipinski definition) is 8. The molecule has 0 aliphatic heterocycles. The molecule has 1 aromatic rings. The Labute approximate surface area is 113 Å². The molecule has 8 nitrogen and oxygen atoms in total. The van der Waals surface area contributed by atoms with E-state index < -0.39 is 0 Å². The van der Waals surface area contributed by atoms with E-state index >= 15 is 0 Å². The van der Waals surface area contributed by atoms with Crippen molar-refractivity contribution in [1.29, 1.82) is 0 Å². The molecule has 0 saturated carbocycles. The van der Waals surface area contributed by atoms with Crippen molar-refractivity contribution in [1.82, 2.24) is 19.9 Å². The van der Waals surface area contributed by atoms with Crippen LogP contribution in [0.1, 0.15) is 20.8 Å². The third-order valence-corrected chi connectivity index (χ3v) is 2.40. The van der Waals surface area contributed by atoms with Crippen molar-refractivity contribution in [2.45, 2.75) is 26.9 Å². The Morgan fingerprint density at radius 2 is 1.95 bits per heavy atom. The Bertz CT molecular complexity index is 385. The lowest BCUT2D eigenvalue weighted by Gasteiger charge is -2.14. The van der Waals surface area contributed by atoms with E-state index in [1.807, 2.05) is 13.8 Å². The summed E-state index contributed by atoms with van der Waals surface area (Å²) in [5, 5.41) is 3.12. The summed E-state index contributed by atoms with van der Waals surface area (Å²) >= 11 is 0. The first kappa shape index (κ1) is 15.4. The molecular weight excluding hydrogens is 246 g/mol. The summed E-state index contributed by atoms with van der Waals surface area (Å²) in [6.07, 6.45) is -0.00732. The maximum atomic E-state index is 5.44. The maximum absolute atomic E-state index is 5.44. The van der Waals surface area contributed by atoms with Crippen LogP contribution in [0.3, 0.4) is 0 Å². The molecule has 0 aromatic carbocycles. The molecule has 0 atom stereocenters. The summed E-state index contributed by atoms with van der Waals surface area (Å²) in [6, 6.07) is 0.254. The molecule has 0 amide bonds. The van der Waals surface area contributed by atoms with Crippen molar-refractivity contribution in [3.63, 3.8) is 0 Å². The van der Waals surface area contributed by atoms with Gasteiger partial charge in [-0.05, 0) is 27.4 Å². The van der Waals surface area contributed by atoms with E-state index in [1.165, 1.54) is 0 Å². The fourth-order valence-corrected chi connectivity index (χ4v) is 1.28. The highest BCUT2D eigenvalue weighted by Crippen LogP contribution is 2.11. The van der Waals surface area contributed by atoms with Crippen molar-refractivity contribution >= 4 is 11.9 Å². The smallest absolute Gasteiger partial charge is 0.323 e. The van der Waals surface area contributed by atoms with Gasteiger partial charge in [-0.1, -0.05) is 6.92 Å². The van der Waals surface area contributed by atoms with E-state index in [-0.39, 0.29) is 18.1 Å². The molecule has 0 aliphatic rings. The quantitative estimate of drug-likeness (QED) is 0.458. The van der Waals surface area contributed by atoms with E-state index in [0.717, 1.165) is 19.6 Å². The average Bonchev–Trinajstić information content (AvgIpc) is 2.37. The van der Waals surface area contributed by atoms with Gasteiger partial charge in [-0.3, -0.25) is 5.43 Å². The molecule has 1 rings (SSSR count). The number of aromatic nitrogens is 3. The van der Waals surface area contributed by atoms with Crippen molar-refractivity contribution in [2.24, 2.45) is 5.84 Å². The van der Waals surface area contributed by atoms with E-state index in [4.69, 9.17) is 10.6 Å². The summed E-state index contributed by atoms with van der Waals surface area (Å²) in [4.78, 5) is 14.5. The molecule has 1 heterocycles. The van der Waals surface area contributed by atoms with Crippen LogP contribution in [0.4, 0.5) is 11.9 Å². The van der Waals surface area contributed by atoms with Crippen molar-refractivity contribution in [2.75, 3.05) is 37.4 Å². The molecule has 19 heavy (non-hydrogen) atoms. The number of anilines is 2. The SMILES string of the molecule is CCN(C)CCNc1nc(NN)nc(OC(C)C)n1. The van der Waals surface area contributed by atoms with Gasteiger partial charge in [-0.25, -0.2) is 5.84 Å². The molecule has 0 bridgehead atoms. The van der Waals surface area contributed by atoms with Crippen LogP contribution in [0, 0.1) is 0 Å². The standard InChI is InChI=1S/C11H23N7O/c1-5-18(4)7-6-13-9-14-10(17-12)16-11(15-9)19-8(2)3/h8H,5-7,12H2,1-4H3,(H2,13,14,15,16,17). The summed E-state index contributed by atoms with van der Waals surface area (Å²) in [5.74, 6) is 6.04. The Balaban J connectivity index is 2.65. The molecule has 8 heteroatoms. The summed E-state index contributed by atoms with van der Waals surface area (Å²) in [6.45, 7) is 8.54. The van der Waals surface area contributed by atoms with E-state index in [1.54, 1.807) is 0 Å². The van der Waals surface area contributed by atoms with E-state index in [2.05, 4.69) is 44.6 Å². The first-order valence-electron chi connectivity index (χ1n) is 6.37. The van der Waals surface area contributed by atoms with Crippen LogP contribution in [0.2, 0.25) is 0 Å². The van der Waals surface area contributed by atoms with Crippen molar-refractivity contribution in [3.8, 4) is 6.01 Å². The highest BCUT2D eigenvalue weighted by atomic mass is 16.5. The van der Waals surface area contributed by atoms with Crippen molar-refractivity contribution in [3.05, 3.63) is 0 Å². The van der Waals surface area contributed by atoms with Gasteiger partial charge in [-0.2, -0.15) is 15.0 Å². The minimum atomic E-state index is -0.00732. The van der Waals surface area contributed by atoms with Gasteiger partial charge in [0.05, 0.1) is 6.10 Å². The van der Waals surface area contributed by atoms with Gasteiger partial charge in [0.15, 0.2) is 0 Å². The van der Waals surface area contributed by atoms with Gasteiger partial charge in [-0.15, -0.1) is 0 Å². The van der Waals surface area contributed by atoms with Gasteiger partial charge in [0.1, 0.15) is 0 Å². The molecule has 0 unspecified atom stereocenters. The molecular formula is C11H23N7O. The second-order valence-corrected chi connectivity index (χ2v) is 4.40. The number of nitrogen functional groups attached to an aromatic ring is 1. The highest BCUT2D eigenvalue weighted by Gasteiger charge is 2.08. The largest absolute Gasteiger partial charge is 0.461 e. The number of ether oxygens (including phenoxy) is 1. The minimum absolute atomic E-state index is 0.00732. The van der Waals surface area contributed by atoms with Crippen LogP contribution in [0.25, 0.3) is 0 Å². The molecule has 1 aromatic heterocycles. The predicted molar refractivity (Wildman–Crippen MR) is 75.1 cm³/mol. The number of nitrogens with two attached hydrogens (primary N) is 1. The topological polar surface area (TPSA) is 101 Å². The fraction of sp³-hybridized carbons (Fsp3) is 0.727. The Kier molecular flexibility index (Phi) is 6.23. The third-order valence-electron chi connectivity index (χ3n) is 2.40. The van der Waals surface area contributed by atoms with Gasteiger partial charge in [0.2, 0.25) is 11.9 Å². The Hall–Kier alpha value is -1.67. The lowest BCUT2D eigenvalue weighted by atomic mass is 10.5. The number of nitrogens with one attached hydrogen (secondary N) is 2. The zero-order valence-corrected chi connectivity index (χ0v) is 12.0. The number of rotatable bonds is 8. The third kappa shape index (κ3) is 5.66. The van der Waals surface area contributed by atoms with Crippen LogP contribution in [0.15, 0.2) is 0 Å². The normalized spacial score (nSPS) is 10.9. The lowest BCUT2D eigenvalue weighted by molar-refractivity contribution is 0.222. The average molecular weight is 269 g/mol. The van der Waals surface area contributed by atoms with Crippen LogP contribution in [0.5, 0.6) is 6.01 Å². The molecule has 0 aliphatic carbocycles. The number of hydrazine groups is 1. The first-order chi connectivity index (χ1) is 9.05. The molecule has 0 spiro atoms. The molecule has 0 fully saturated rings. The van der Waals surface area contributed by atoms with Gasteiger partial charge in [0, 0.05) is 13.1 Å². The zero-order chi connectivity index (χ0) is 14.3. The predicted octanol–water partition coefficient (Wildman–Crippen LogP) is 0.308. The molecule has 4 N–H and O–H groups in total. The van der Waals surface area contributed by atoms with Gasteiger partial charge >= 0.3 is 6.01 Å². The van der Waals surface area contributed by atoms with Gasteiger partial charge < -0.3 is 15.0 Å². The van der Waals surface area contributed by atoms with Crippen LogP contribution in [-0.4, -0.2) is 52.6 Å². The lowest BCUT2D eigenvalue weighted by Crippen LogP contribution is -2.25. The molecule has 108 valence electrons. The van der Waals surface area contributed by atoms with E-state index in [9.17, 15) is 0 Å². The highest BCUT2D eigenvalue weighted by molar-refractivity contribution is 5.34. The number of likely N-dealkylation sites (N-methyl/N-ethyl adjacent to an activating group) is 1. The number of nitrogens with zero attached hydrogens (tertiary/aromatic N) is 4. The monoisotopic (exact) mass is 269 g/mol. The van der Waals surface area contributed by atoms with Crippen LogP contribution in [-0.2, 0) is 0 Å². The Morgan fingerprint density at radius 1 is 1.26 bits per heavy atom. The maximum Gasteiger partial charge on any atom is 0.323 e. The first-order valence-corrected chi connectivity index (χ1v) is 6.37. The summed E-state index contributed by atoms with van der Waals surface area (Å²) in [7, 11) is 2.05. The van der Waals surface area contributed by atoms with Crippen molar-refractivity contribution < 1.29 is 4.74 Å². The second-order valence-electron chi connectivity index (χ2n) is 4.40. The summed E-state index contributed by atoms with van der Waals surface area (Å²) in [5.41, 5.74) is 2.40.